The van der Waals surface area contributed by atoms with Crippen molar-refractivity contribution in [3.8, 4) is 0 Å². The Bertz CT molecular complexity index is 1740. The first-order valence-electron chi connectivity index (χ1n) is 13.0. The van der Waals surface area contributed by atoms with E-state index < -0.39 is 28.3 Å². The molecule has 2 heterocycles. The van der Waals surface area contributed by atoms with E-state index in [1.165, 1.54) is 12.1 Å². The standard InChI is InChI=1S/C33H22N2O5/c36-30(21-10-2-1-3-11-21)29-28(22-12-8-13-23(19-22)35(39)40)33(31(37)24-14-5-6-15-25(24)32(33)38)27-18-17-20-9-4-7-16-26(20)34(27)29/h1-19,27-29H/t27-,28-,29+/m1/s1. The van der Waals surface area contributed by atoms with Gasteiger partial charge in [0.25, 0.3) is 5.69 Å². The third-order valence-electron chi connectivity index (χ3n) is 8.48. The lowest BCUT2D eigenvalue weighted by Crippen LogP contribution is -2.48. The molecule has 0 amide bonds. The number of Topliss-reactive ketones (excluding diaryl/α,β-unsaturated/α-hetero) is 3. The maximum absolute atomic E-state index is 14.6. The highest BCUT2D eigenvalue weighted by Crippen LogP contribution is 2.61. The zero-order valence-corrected chi connectivity index (χ0v) is 21.1. The van der Waals surface area contributed by atoms with Gasteiger partial charge in [-0.2, -0.15) is 0 Å². The van der Waals surface area contributed by atoms with Crippen molar-refractivity contribution in [3.63, 3.8) is 0 Å². The number of non-ortho nitro benzene ring substituents is 1. The Hall–Kier alpha value is -5.17. The zero-order valence-electron chi connectivity index (χ0n) is 21.1. The number of para-hydroxylation sites is 1. The Kier molecular flexibility index (Phi) is 5.19. The predicted molar refractivity (Wildman–Crippen MR) is 150 cm³/mol. The molecule has 1 saturated heterocycles. The Morgan fingerprint density at radius 1 is 0.800 bits per heavy atom. The molecule has 7 nitrogen and oxygen atoms in total. The maximum atomic E-state index is 14.6. The Labute approximate surface area is 229 Å². The van der Waals surface area contributed by atoms with E-state index in [1.54, 1.807) is 60.7 Å². The van der Waals surface area contributed by atoms with Crippen LogP contribution in [0.25, 0.3) is 6.08 Å². The van der Waals surface area contributed by atoms with Gasteiger partial charge in [0.2, 0.25) is 0 Å². The van der Waals surface area contributed by atoms with Gasteiger partial charge in [-0.3, -0.25) is 24.5 Å². The van der Waals surface area contributed by atoms with Gasteiger partial charge in [0.15, 0.2) is 17.3 Å². The van der Waals surface area contributed by atoms with Gasteiger partial charge in [0, 0.05) is 40.4 Å². The van der Waals surface area contributed by atoms with Crippen molar-refractivity contribution < 1.29 is 19.3 Å². The van der Waals surface area contributed by atoms with Gasteiger partial charge in [-0.25, -0.2) is 0 Å². The number of nitro benzene ring substituents is 1. The summed E-state index contributed by atoms with van der Waals surface area (Å²) >= 11 is 0. The fourth-order valence-corrected chi connectivity index (χ4v) is 6.90. The number of benzene rings is 4. The number of nitrogens with zero attached hydrogens (tertiary/aromatic N) is 2. The molecule has 0 saturated carbocycles. The van der Waals surface area contributed by atoms with Gasteiger partial charge >= 0.3 is 0 Å². The first-order valence-corrected chi connectivity index (χ1v) is 13.0. The molecule has 1 aliphatic carbocycles. The molecule has 4 aromatic carbocycles. The summed E-state index contributed by atoms with van der Waals surface area (Å²) in [5.74, 6) is -1.99. The van der Waals surface area contributed by atoms with Crippen LogP contribution in [-0.4, -0.2) is 34.4 Å². The van der Waals surface area contributed by atoms with Crippen molar-refractivity contribution in [2.45, 2.75) is 18.0 Å². The van der Waals surface area contributed by atoms with E-state index in [-0.39, 0.29) is 23.0 Å². The van der Waals surface area contributed by atoms with Gasteiger partial charge in [-0.05, 0) is 17.2 Å². The van der Waals surface area contributed by atoms with Crippen LogP contribution in [0.3, 0.4) is 0 Å². The Morgan fingerprint density at radius 3 is 2.15 bits per heavy atom. The quantitative estimate of drug-likeness (QED) is 0.142. The van der Waals surface area contributed by atoms with Crippen molar-refractivity contribution in [2.24, 2.45) is 5.41 Å². The van der Waals surface area contributed by atoms with Crippen LogP contribution in [0.1, 0.15) is 48.1 Å². The minimum atomic E-state index is -1.70. The number of carbonyl (C=O) groups is 3. The third kappa shape index (κ3) is 3.09. The molecule has 3 aliphatic rings. The molecule has 7 heteroatoms. The summed E-state index contributed by atoms with van der Waals surface area (Å²) in [6, 6.07) is 27.3. The summed E-state index contributed by atoms with van der Waals surface area (Å²) in [5, 5.41) is 11.8. The molecule has 7 rings (SSSR count). The minimum Gasteiger partial charge on any atom is -0.352 e. The minimum absolute atomic E-state index is 0.171. The van der Waals surface area contributed by atoms with E-state index in [1.807, 2.05) is 47.4 Å². The average Bonchev–Trinajstić information content (AvgIpc) is 3.43. The van der Waals surface area contributed by atoms with Crippen LogP contribution in [0.2, 0.25) is 0 Å². The highest BCUT2D eigenvalue weighted by atomic mass is 16.6. The molecule has 194 valence electrons. The van der Waals surface area contributed by atoms with Gasteiger partial charge in [0.1, 0.15) is 11.5 Å². The molecule has 0 bridgehead atoms. The molecule has 0 aromatic heterocycles. The molecule has 4 aromatic rings. The van der Waals surface area contributed by atoms with Gasteiger partial charge in [-0.15, -0.1) is 0 Å². The maximum Gasteiger partial charge on any atom is 0.269 e. The van der Waals surface area contributed by atoms with Crippen molar-refractivity contribution in [1.82, 2.24) is 0 Å². The van der Waals surface area contributed by atoms with Crippen LogP contribution in [0.5, 0.6) is 0 Å². The summed E-state index contributed by atoms with van der Waals surface area (Å²) in [6.45, 7) is 0. The number of fused-ring (bicyclic) bond motifs is 5. The summed E-state index contributed by atoms with van der Waals surface area (Å²) in [5.41, 5.74) is 1.17. The Balaban J connectivity index is 1.56. The molecule has 0 unspecified atom stereocenters. The summed E-state index contributed by atoms with van der Waals surface area (Å²) in [4.78, 5) is 56.9. The zero-order chi connectivity index (χ0) is 27.6. The highest BCUT2D eigenvalue weighted by Gasteiger charge is 2.71. The van der Waals surface area contributed by atoms with Crippen LogP contribution in [0, 0.1) is 15.5 Å². The van der Waals surface area contributed by atoms with Gasteiger partial charge < -0.3 is 4.90 Å². The number of hydrogen-bond donors (Lipinski definition) is 0. The molecule has 0 N–H and O–H groups in total. The van der Waals surface area contributed by atoms with Crippen LogP contribution in [0.15, 0.2) is 109 Å². The monoisotopic (exact) mass is 526 g/mol. The summed E-state index contributed by atoms with van der Waals surface area (Å²) < 4.78 is 0. The predicted octanol–water partition coefficient (Wildman–Crippen LogP) is 5.91. The van der Waals surface area contributed by atoms with Crippen LogP contribution in [-0.2, 0) is 0 Å². The molecule has 1 fully saturated rings. The lowest BCUT2D eigenvalue weighted by molar-refractivity contribution is -0.384. The molecule has 0 radical (unpaired) electrons. The molecular weight excluding hydrogens is 504 g/mol. The normalized spacial score (nSPS) is 21.7. The van der Waals surface area contributed by atoms with E-state index in [2.05, 4.69) is 0 Å². The van der Waals surface area contributed by atoms with E-state index in [9.17, 15) is 24.5 Å². The van der Waals surface area contributed by atoms with E-state index >= 15 is 0 Å². The number of carbonyl (C=O) groups excluding carboxylic acids is 3. The molecular formula is C33H22N2O5. The summed E-state index contributed by atoms with van der Waals surface area (Å²) in [7, 11) is 0. The molecule has 3 atom stereocenters. The number of nitro groups is 1. The second-order valence-corrected chi connectivity index (χ2v) is 10.3. The van der Waals surface area contributed by atoms with E-state index in [4.69, 9.17) is 0 Å². The lowest BCUT2D eigenvalue weighted by Gasteiger charge is -2.37. The van der Waals surface area contributed by atoms with Gasteiger partial charge in [0.05, 0.1) is 11.0 Å². The Morgan fingerprint density at radius 2 is 1.45 bits per heavy atom. The van der Waals surface area contributed by atoms with Crippen molar-refractivity contribution in [3.05, 3.63) is 147 Å². The van der Waals surface area contributed by atoms with Crippen LogP contribution in [0.4, 0.5) is 11.4 Å². The van der Waals surface area contributed by atoms with Crippen molar-refractivity contribution in [1.29, 1.82) is 0 Å². The first kappa shape index (κ1) is 23.9. The number of anilines is 1. The van der Waals surface area contributed by atoms with Crippen molar-refractivity contribution >= 4 is 34.8 Å². The molecule has 2 aliphatic heterocycles. The average molecular weight is 527 g/mol. The van der Waals surface area contributed by atoms with Gasteiger partial charge in [-0.1, -0.05) is 97.1 Å². The molecule has 40 heavy (non-hydrogen) atoms. The SMILES string of the molecule is O=C(c1ccccc1)[C@@H]1[C@@H](c2cccc([N+](=O)[O-])c2)C2(C(=O)c3ccccc3C2=O)[C@H]2C=Cc3ccccc3N12. The highest BCUT2D eigenvalue weighted by molar-refractivity contribution is 6.32. The molecule has 1 spiro atoms. The first-order chi connectivity index (χ1) is 19.4. The fraction of sp³-hybridized carbons (Fsp3) is 0.121. The smallest absolute Gasteiger partial charge is 0.269 e. The van der Waals surface area contributed by atoms with E-state index in [0.29, 0.717) is 22.3 Å². The fourth-order valence-electron chi connectivity index (χ4n) is 6.90. The topological polar surface area (TPSA) is 97.6 Å². The number of ketones is 3. The third-order valence-corrected chi connectivity index (χ3v) is 8.48. The largest absolute Gasteiger partial charge is 0.352 e. The van der Waals surface area contributed by atoms with Crippen LogP contribution >= 0.6 is 0 Å². The second kappa shape index (κ2) is 8.68. The van der Waals surface area contributed by atoms with Crippen LogP contribution < -0.4 is 4.90 Å². The lowest BCUT2D eigenvalue weighted by atomic mass is 9.64. The van der Waals surface area contributed by atoms with Crippen molar-refractivity contribution in [2.75, 3.05) is 4.90 Å². The second-order valence-electron chi connectivity index (χ2n) is 10.3. The summed E-state index contributed by atoms with van der Waals surface area (Å²) in [6.07, 6.45) is 3.73. The number of hydrogen-bond acceptors (Lipinski definition) is 6. The number of rotatable bonds is 4. The van der Waals surface area contributed by atoms with E-state index in [0.717, 1.165) is 11.3 Å².